The first-order valence-corrected chi connectivity index (χ1v) is 10.4. The topological polar surface area (TPSA) is 74.5 Å². The van der Waals surface area contributed by atoms with Gasteiger partial charge in [-0.2, -0.15) is 0 Å². The fraction of sp³-hybridized carbons (Fsp3) is 0.292. The summed E-state index contributed by atoms with van der Waals surface area (Å²) >= 11 is 0. The van der Waals surface area contributed by atoms with Crippen LogP contribution in [-0.4, -0.2) is 53.5 Å². The minimum absolute atomic E-state index is 0.00165. The molecule has 162 valence electrons. The number of rotatable bonds is 8. The van der Waals surface area contributed by atoms with Crippen molar-refractivity contribution in [2.75, 3.05) is 27.2 Å². The van der Waals surface area contributed by atoms with Gasteiger partial charge in [0.15, 0.2) is 5.96 Å². The number of imidazole rings is 1. The number of nitrogens with one attached hydrogen (secondary N) is 2. The van der Waals surface area contributed by atoms with Crippen LogP contribution >= 0.6 is 0 Å². The number of aromatic nitrogens is 2. The fourth-order valence-electron chi connectivity index (χ4n) is 3.14. The molecule has 0 aliphatic heterocycles. The standard InChI is InChI=1S/C24H30N6O/c1-4-26-24(28-16-23(31)29(2)3)27-15-21-7-5-6-8-22(21)20-11-9-19(10-12-20)17-30-14-13-25-18-30/h5-14,18H,4,15-17H2,1-3H3,(H2,26,27,28). The molecule has 3 aromatic rings. The molecule has 2 N–H and O–H groups in total. The second kappa shape index (κ2) is 11.0. The van der Waals surface area contributed by atoms with E-state index in [0.717, 1.165) is 29.8 Å². The van der Waals surface area contributed by atoms with Gasteiger partial charge in [0.2, 0.25) is 5.91 Å². The van der Waals surface area contributed by atoms with Crippen molar-refractivity contribution in [1.29, 1.82) is 0 Å². The van der Waals surface area contributed by atoms with Crippen molar-refractivity contribution in [3.8, 4) is 11.1 Å². The van der Waals surface area contributed by atoms with E-state index in [1.807, 2.05) is 36.1 Å². The van der Waals surface area contributed by atoms with Crippen LogP contribution in [0.15, 0.2) is 72.2 Å². The van der Waals surface area contributed by atoms with Gasteiger partial charge in [0.25, 0.3) is 0 Å². The molecule has 0 aliphatic rings. The Morgan fingerprint density at radius 1 is 1.10 bits per heavy atom. The van der Waals surface area contributed by atoms with E-state index in [1.165, 1.54) is 5.56 Å². The minimum Gasteiger partial charge on any atom is -0.357 e. The molecule has 7 heteroatoms. The number of hydrogen-bond donors (Lipinski definition) is 2. The molecule has 0 unspecified atom stereocenters. The number of likely N-dealkylation sites (N-methyl/N-ethyl adjacent to an activating group) is 1. The summed E-state index contributed by atoms with van der Waals surface area (Å²) in [6.45, 7) is 4.25. The Bertz CT molecular complexity index is 993. The van der Waals surface area contributed by atoms with E-state index in [1.54, 1.807) is 25.2 Å². The lowest BCUT2D eigenvalue weighted by Gasteiger charge is -2.15. The number of benzene rings is 2. The van der Waals surface area contributed by atoms with Crippen molar-refractivity contribution in [3.63, 3.8) is 0 Å². The van der Waals surface area contributed by atoms with Gasteiger partial charge < -0.3 is 20.1 Å². The molecule has 0 saturated heterocycles. The van der Waals surface area contributed by atoms with Gasteiger partial charge in [-0.3, -0.25) is 4.79 Å². The zero-order valence-electron chi connectivity index (χ0n) is 18.4. The molecule has 0 fully saturated rings. The summed E-state index contributed by atoms with van der Waals surface area (Å²) in [4.78, 5) is 22.2. The van der Waals surface area contributed by atoms with Crippen LogP contribution in [0.5, 0.6) is 0 Å². The Kier molecular flexibility index (Phi) is 7.81. The molecule has 2 aromatic carbocycles. The molecule has 0 bridgehead atoms. The van der Waals surface area contributed by atoms with E-state index in [0.29, 0.717) is 12.5 Å². The predicted molar refractivity (Wildman–Crippen MR) is 125 cm³/mol. The first-order valence-electron chi connectivity index (χ1n) is 10.4. The average Bonchev–Trinajstić information content (AvgIpc) is 3.29. The normalized spacial score (nSPS) is 11.3. The van der Waals surface area contributed by atoms with Crippen LogP contribution in [-0.2, 0) is 17.9 Å². The van der Waals surface area contributed by atoms with Gasteiger partial charge in [-0.15, -0.1) is 0 Å². The number of hydrogen-bond acceptors (Lipinski definition) is 3. The Balaban J connectivity index is 1.73. The van der Waals surface area contributed by atoms with Crippen molar-refractivity contribution in [2.45, 2.75) is 20.0 Å². The molecular formula is C24H30N6O. The van der Waals surface area contributed by atoms with Crippen molar-refractivity contribution < 1.29 is 4.79 Å². The molecule has 0 radical (unpaired) electrons. The molecule has 3 rings (SSSR count). The van der Waals surface area contributed by atoms with Crippen molar-refractivity contribution in [3.05, 3.63) is 78.4 Å². The second-order valence-electron chi connectivity index (χ2n) is 7.43. The number of aliphatic imine (C=N–C) groups is 1. The van der Waals surface area contributed by atoms with Gasteiger partial charge in [0.05, 0.1) is 19.4 Å². The number of amides is 1. The first-order chi connectivity index (χ1) is 15.1. The molecule has 0 saturated carbocycles. The Morgan fingerprint density at radius 2 is 1.87 bits per heavy atom. The number of guanidine groups is 1. The van der Waals surface area contributed by atoms with Crippen LogP contribution in [0.1, 0.15) is 18.1 Å². The maximum absolute atomic E-state index is 11.9. The zero-order valence-corrected chi connectivity index (χ0v) is 18.4. The van der Waals surface area contributed by atoms with Crippen LogP contribution in [0.25, 0.3) is 11.1 Å². The predicted octanol–water partition coefficient (Wildman–Crippen LogP) is 2.74. The minimum atomic E-state index is 0.00165. The highest BCUT2D eigenvalue weighted by molar-refractivity contribution is 5.86. The summed E-state index contributed by atoms with van der Waals surface area (Å²) in [6.07, 6.45) is 5.57. The van der Waals surface area contributed by atoms with Crippen molar-refractivity contribution in [2.24, 2.45) is 4.99 Å². The molecule has 7 nitrogen and oxygen atoms in total. The SMILES string of the molecule is CCNC(=NCc1ccccc1-c1ccc(Cn2ccnc2)cc1)NCC(=O)N(C)C. The maximum Gasteiger partial charge on any atom is 0.241 e. The van der Waals surface area contributed by atoms with Gasteiger partial charge in [0.1, 0.15) is 0 Å². The molecule has 0 spiro atoms. The van der Waals surface area contributed by atoms with Crippen LogP contribution in [0.4, 0.5) is 0 Å². The van der Waals surface area contributed by atoms with Gasteiger partial charge >= 0.3 is 0 Å². The number of carbonyl (C=O) groups is 1. The quantitative estimate of drug-likeness (QED) is 0.436. The van der Waals surface area contributed by atoms with Crippen molar-refractivity contribution in [1.82, 2.24) is 25.1 Å². The Labute approximate surface area is 183 Å². The molecule has 0 atom stereocenters. The lowest BCUT2D eigenvalue weighted by molar-refractivity contribution is -0.127. The molecule has 0 aliphatic carbocycles. The third-order valence-corrected chi connectivity index (χ3v) is 4.86. The molecule has 1 aromatic heterocycles. The highest BCUT2D eigenvalue weighted by Gasteiger charge is 2.08. The van der Waals surface area contributed by atoms with E-state index in [2.05, 4.69) is 57.0 Å². The summed E-state index contributed by atoms with van der Waals surface area (Å²) in [5, 5.41) is 6.30. The lowest BCUT2D eigenvalue weighted by Crippen LogP contribution is -2.42. The third kappa shape index (κ3) is 6.44. The van der Waals surface area contributed by atoms with Gasteiger partial charge in [-0.1, -0.05) is 48.5 Å². The van der Waals surface area contributed by atoms with E-state index in [-0.39, 0.29) is 12.5 Å². The summed E-state index contributed by atoms with van der Waals surface area (Å²) in [6, 6.07) is 16.9. The summed E-state index contributed by atoms with van der Waals surface area (Å²) in [5.74, 6) is 0.630. The van der Waals surface area contributed by atoms with Gasteiger partial charge in [-0.25, -0.2) is 9.98 Å². The highest BCUT2D eigenvalue weighted by atomic mass is 16.2. The average molecular weight is 419 g/mol. The number of carbonyl (C=O) groups excluding carboxylic acids is 1. The molecule has 1 amide bonds. The largest absolute Gasteiger partial charge is 0.357 e. The Hall–Kier alpha value is -3.61. The van der Waals surface area contributed by atoms with E-state index >= 15 is 0 Å². The van der Waals surface area contributed by atoms with Crippen LogP contribution in [0, 0.1) is 0 Å². The fourth-order valence-corrected chi connectivity index (χ4v) is 3.14. The monoisotopic (exact) mass is 418 g/mol. The van der Waals surface area contributed by atoms with Gasteiger partial charge in [0, 0.05) is 39.6 Å². The Morgan fingerprint density at radius 3 is 2.55 bits per heavy atom. The summed E-state index contributed by atoms with van der Waals surface area (Å²) < 4.78 is 2.05. The maximum atomic E-state index is 11.9. The van der Waals surface area contributed by atoms with E-state index < -0.39 is 0 Å². The summed E-state index contributed by atoms with van der Waals surface area (Å²) in [5.41, 5.74) is 4.66. The van der Waals surface area contributed by atoms with Crippen LogP contribution in [0.2, 0.25) is 0 Å². The van der Waals surface area contributed by atoms with E-state index in [9.17, 15) is 4.79 Å². The van der Waals surface area contributed by atoms with E-state index in [4.69, 9.17) is 0 Å². The molecular weight excluding hydrogens is 388 g/mol. The zero-order chi connectivity index (χ0) is 22.1. The number of nitrogens with zero attached hydrogens (tertiary/aromatic N) is 4. The lowest BCUT2D eigenvalue weighted by atomic mass is 9.98. The second-order valence-corrected chi connectivity index (χ2v) is 7.43. The molecule has 31 heavy (non-hydrogen) atoms. The molecule has 1 heterocycles. The van der Waals surface area contributed by atoms with Gasteiger partial charge in [-0.05, 0) is 29.2 Å². The third-order valence-electron chi connectivity index (χ3n) is 4.86. The van der Waals surface area contributed by atoms with Crippen LogP contribution < -0.4 is 10.6 Å². The first kappa shape index (κ1) is 22.1. The smallest absolute Gasteiger partial charge is 0.241 e. The van der Waals surface area contributed by atoms with Crippen molar-refractivity contribution >= 4 is 11.9 Å². The van der Waals surface area contributed by atoms with Crippen LogP contribution in [0.3, 0.4) is 0 Å². The highest BCUT2D eigenvalue weighted by Crippen LogP contribution is 2.25. The summed E-state index contributed by atoms with van der Waals surface area (Å²) in [7, 11) is 3.48.